The molecule has 1 amide bonds. The van der Waals surface area contributed by atoms with Gasteiger partial charge in [-0.1, -0.05) is 179 Å². The zero-order chi connectivity index (χ0) is 54.8. The Hall–Kier alpha value is -1.73. The van der Waals surface area contributed by atoms with Crippen LogP contribution in [0.3, 0.4) is 0 Å². The molecule has 0 aromatic heterocycles. The monoisotopic (exact) mass is 1080 g/mol. The Kier molecular flexibility index (Phi) is 36.4. The lowest BCUT2D eigenvalue weighted by molar-refractivity contribution is -0.379. The lowest BCUT2D eigenvalue weighted by Gasteiger charge is -2.48. The van der Waals surface area contributed by atoms with Crippen LogP contribution in [-0.4, -0.2) is 193 Å². The molecule has 3 aliphatic heterocycles. The van der Waals surface area contributed by atoms with Crippen LogP contribution in [0.4, 0.5) is 0 Å². The lowest BCUT2D eigenvalue weighted by Crippen LogP contribution is -2.66. The molecule has 3 aliphatic rings. The zero-order valence-corrected chi connectivity index (χ0v) is 45.5. The molecule has 0 bridgehead atoms. The number of carbonyl (C=O) groups excluding carboxylic acids is 1. The van der Waals surface area contributed by atoms with E-state index in [1.165, 1.54) is 122 Å². The number of hydrogen-bond acceptors (Lipinski definition) is 18. The average Bonchev–Trinajstić information content (AvgIpc) is 3.41. The fourth-order valence-electron chi connectivity index (χ4n) is 9.91. The van der Waals surface area contributed by atoms with Gasteiger partial charge in [0.25, 0.3) is 0 Å². The highest BCUT2D eigenvalue weighted by molar-refractivity contribution is 5.76. The number of hydrogen-bond donors (Lipinski definition) is 12. The summed E-state index contributed by atoms with van der Waals surface area (Å²) < 4.78 is 34.2. The molecule has 17 atom stereocenters. The third-order valence-corrected chi connectivity index (χ3v) is 14.8. The molecule has 3 saturated heterocycles. The van der Waals surface area contributed by atoms with Gasteiger partial charge in [-0.2, -0.15) is 0 Å². The first-order valence-electron chi connectivity index (χ1n) is 29.1. The molecule has 0 radical (unpaired) electrons. The van der Waals surface area contributed by atoms with Crippen LogP contribution in [0.2, 0.25) is 0 Å². The number of nitrogens with one attached hydrogen (secondary N) is 1. The minimum Gasteiger partial charge on any atom is -0.394 e. The Morgan fingerprint density at radius 1 is 0.467 bits per heavy atom. The van der Waals surface area contributed by atoms with Gasteiger partial charge in [0.1, 0.15) is 73.2 Å². The van der Waals surface area contributed by atoms with E-state index in [1.807, 2.05) is 6.08 Å². The van der Waals surface area contributed by atoms with Gasteiger partial charge >= 0.3 is 0 Å². The Labute approximate surface area is 448 Å². The van der Waals surface area contributed by atoms with Crippen molar-refractivity contribution in [2.45, 2.75) is 298 Å². The molecule has 19 nitrogen and oxygen atoms in total. The van der Waals surface area contributed by atoms with Crippen molar-refractivity contribution in [3.05, 3.63) is 24.3 Å². The second-order valence-electron chi connectivity index (χ2n) is 21.1. The molecule has 12 N–H and O–H groups in total. The summed E-state index contributed by atoms with van der Waals surface area (Å²) in [6, 6.07) is -0.983. The van der Waals surface area contributed by atoms with Crippen LogP contribution in [0, 0.1) is 0 Å². The fourth-order valence-corrected chi connectivity index (χ4v) is 9.91. The molecule has 440 valence electrons. The van der Waals surface area contributed by atoms with E-state index >= 15 is 0 Å². The van der Waals surface area contributed by atoms with Crippen LogP contribution in [0.5, 0.6) is 0 Å². The Morgan fingerprint density at radius 3 is 1.33 bits per heavy atom. The molecular weight excluding hydrogens is 975 g/mol. The maximum Gasteiger partial charge on any atom is 0.220 e. The number of rotatable bonds is 42. The van der Waals surface area contributed by atoms with Crippen molar-refractivity contribution in [3.8, 4) is 0 Å². The van der Waals surface area contributed by atoms with Crippen molar-refractivity contribution in [2.75, 3.05) is 26.4 Å². The molecule has 19 heteroatoms. The highest BCUT2D eigenvalue weighted by atomic mass is 16.8. The summed E-state index contributed by atoms with van der Waals surface area (Å²) in [5.74, 6) is -0.285. The lowest BCUT2D eigenvalue weighted by atomic mass is 9.96. The third-order valence-electron chi connectivity index (χ3n) is 14.8. The van der Waals surface area contributed by atoms with Crippen LogP contribution >= 0.6 is 0 Å². The molecule has 3 fully saturated rings. The predicted octanol–water partition coefficient (Wildman–Crippen LogP) is 4.37. The molecule has 0 saturated carbocycles. The summed E-state index contributed by atoms with van der Waals surface area (Å²) in [6.45, 7) is 1.67. The van der Waals surface area contributed by atoms with Crippen molar-refractivity contribution in [1.29, 1.82) is 0 Å². The molecular formula is C56H103NO18. The molecule has 0 spiro atoms. The summed E-state index contributed by atoms with van der Waals surface area (Å²) >= 11 is 0. The van der Waals surface area contributed by atoms with E-state index in [0.717, 1.165) is 38.5 Å². The van der Waals surface area contributed by atoms with Gasteiger partial charge in [-0.25, -0.2) is 0 Å². The summed E-state index contributed by atoms with van der Waals surface area (Å²) in [7, 11) is 0. The number of aliphatic hydroxyl groups excluding tert-OH is 11. The van der Waals surface area contributed by atoms with Gasteiger partial charge in [0.15, 0.2) is 18.9 Å². The van der Waals surface area contributed by atoms with Gasteiger partial charge < -0.3 is 89.9 Å². The number of allylic oxidation sites excluding steroid dienone is 3. The first-order chi connectivity index (χ1) is 36.3. The molecule has 3 rings (SSSR count). The molecule has 75 heavy (non-hydrogen) atoms. The van der Waals surface area contributed by atoms with Crippen LogP contribution in [0.1, 0.15) is 194 Å². The van der Waals surface area contributed by atoms with Crippen molar-refractivity contribution in [1.82, 2.24) is 5.32 Å². The molecule has 0 aromatic carbocycles. The molecule has 0 aromatic rings. The summed E-state index contributed by atoms with van der Waals surface area (Å²) in [6.07, 6.45) is 13.2. The van der Waals surface area contributed by atoms with E-state index in [1.54, 1.807) is 6.08 Å². The predicted molar refractivity (Wildman–Crippen MR) is 282 cm³/mol. The highest BCUT2D eigenvalue weighted by Gasteiger charge is 2.53. The minimum atomic E-state index is -1.98. The fraction of sp³-hybridized carbons (Fsp3) is 0.911. The van der Waals surface area contributed by atoms with Crippen LogP contribution in [0.15, 0.2) is 24.3 Å². The second-order valence-corrected chi connectivity index (χ2v) is 21.1. The second kappa shape index (κ2) is 40.4. The van der Waals surface area contributed by atoms with Crippen molar-refractivity contribution in [2.24, 2.45) is 0 Å². The van der Waals surface area contributed by atoms with Gasteiger partial charge in [0, 0.05) is 6.42 Å². The van der Waals surface area contributed by atoms with E-state index in [0.29, 0.717) is 12.8 Å². The minimum absolute atomic E-state index is 0.240. The largest absolute Gasteiger partial charge is 0.394 e. The van der Waals surface area contributed by atoms with Crippen LogP contribution in [-0.2, 0) is 33.2 Å². The van der Waals surface area contributed by atoms with Gasteiger partial charge in [0.2, 0.25) is 5.91 Å². The Bertz CT molecular complexity index is 1480. The average molecular weight is 1080 g/mol. The summed E-state index contributed by atoms with van der Waals surface area (Å²) in [5.41, 5.74) is 0. The van der Waals surface area contributed by atoms with Crippen molar-refractivity contribution in [3.63, 3.8) is 0 Å². The van der Waals surface area contributed by atoms with E-state index in [9.17, 15) is 61.0 Å². The van der Waals surface area contributed by atoms with Gasteiger partial charge in [-0.05, 0) is 32.1 Å². The van der Waals surface area contributed by atoms with E-state index in [4.69, 9.17) is 28.4 Å². The smallest absolute Gasteiger partial charge is 0.220 e. The molecule has 17 unspecified atom stereocenters. The van der Waals surface area contributed by atoms with Gasteiger partial charge in [-0.3, -0.25) is 4.79 Å². The standard InChI is InChI=1S/C56H103NO18/c1-3-5-7-9-11-13-15-16-17-18-19-20-21-22-24-26-28-30-32-34-44(62)57-39(40(61)33-31-29-27-25-23-14-12-10-8-6-4-2)38-70-54-50(68)47(65)52(42(36-59)72-54)75-56-51(69)48(66)53(43(37-60)73-56)74-55-49(67)46(64)45(63)41(35-58)71-55/h23,25,31,33,39-43,45-56,58-61,63-69H,3-22,24,26-30,32,34-38H2,1-2H3,(H,57,62)/b25-23+,33-31+. The third kappa shape index (κ3) is 25.1. The number of amides is 1. The maximum atomic E-state index is 13.3. The summed E-state index contributed by atoms with van der Waals surface area (Å²) in [4.78, 5) is 13.3. The van der Waals surface area contributed by atoms with E-state index < -0.39 is 124 Å². The Morgan fingerprint density at radius 2 is 0.853 bits per heavy atom. The van der Waals surface area contributed by atoms with Gasteiger partial charge in [0.05, 0.1) is 38.6 Å². The first-order valence-corrected chi connectivity index (χ1v) is 29.1. The quantitative estimate of drug-likeness (QED) is 0.0298. The van der Waals surface area contributed by atoms with E-state index in [2.05, 4.69) is 31.3 Å². The van der Waals surface area contributed by atoms with Crippen LogP contribution in [0.25, 0.3) is 0 Å². The van der Waals surface area contributed by atoms with Crippen molar-refractivity contribution < 1.29 is 89.4 Å². The summed E-state index contributed by atoms with van der Waals surface area (Å²) in [5, 5.41) is 120. The Balaban J connectivity index is 1.50. The zero-order valence-electron chi connectivity index (χ0n) is 45.5. The maximum absolute atomic E-state index is 13.3. The normalized spacial score (nSPS) is 31.3. The number of aliphatic hydroxyl groups is 11. The molecule has 0 aliphatic carbocycles. The van der Waals surface area contributed by atoms with Crippen LogP contribution < -0.4 is 5.32 Å². The number of unbranched alkanes of at least 4 members (excludes halogenated alkanes) is 24. The number of ether oxygens (including phenoxy) is 6. The first kappa shape index (κ1) is 67.5. The highest BCUT2D eigenvalue weighted by Crippen LogP contribution is 2.33. The number of carbonyl (C=O) groups is 1. The SMILES string of the molecule is CCCCCCC/C=C/CC/C=C/C(O)C(COC1OC(CO)C(OC2OC(CO)C(OC3OC(CO)C(O)C(O)C3O)C(O)C2O)C(O)C1O)NC(=O)CCCCCCCCCCCCCCCCCCCCC. The van der Waals surface area contributed by atoms with Crippen molar-refractivity contribution >= 4 is 5.91 Å². The topological polar surface area (TPSA) is 307 Å². The molecule has 3 heterocycles. The van der Waals surface area contributed by atoms with E-state index in [-0.39, 0.29) is 18.9 Å². The van der Waals surface area contributed by atoms with Gasteiger partial charge in [-0.15, -0.1) is 0 Å².